The molecule has 0 aliphatic carbocycles. The Hall–Kier alpha value is -1.46. The molecule has 0 bridgehead atoms. The predicted molar refractivity (Wildman–Crippen MR) is 43.5 cm³/mol. The third kappa shape index (κ3) is 2.01. The lowest BCUT2D eigenvalue weighted by Gasteiger charge is -2.28. The maximum absolute atomic E-state index is 10.4. The number of carboxylic acid groups (broad SMARTS) is 1. The number of guanidine groups is 1. The number of hydrogen-bond donors (Lipinski definition) is 3. The lowest BCUT2D eigenvalue weighted by atomic mass is 10.3. The molecule has 6 heteroatoms. The third-order valence-electron chi connectivity index (χ3n) is 1.64. The van der Waals surface area contributed by atoms with E-state index in [4.69, 9.17) is 10.9 Å². The van der Waals surface area contributed by atoms with Crippen LogP contribution in [-0.4, -0.2) is 41.6 Å². The molecule has 1 aliphatic rings. The summed E-state index contributed by atoms with van der Waals surface area (Å²) >= 11 is 0. The van der Waals surface area contributed by atoms with Crippen molar-refractivity contribution in [1.29, 1.82) is 0 Å². The van der Waals surface area contributed by atoms with Gasteiger partial charge in [0, 0.05) is 13.1 Å². The second kappa shape index (κ2) is 3.80. The molecule has 0 radical (unpaired) electrons. The average Bonchev–Trinajstić information content (AvgIpc) is 2.04. The molecule has 6 nitrogen and oxygen atoms in total. The summed E-state index contributed by atoms with van der Waals surface area (Å²) in [5, 5.41) is 14.9. The summed E-state index contributed by atoms with van der Waals surface area (Å²) in [6.07, 6.45) is 0.909. The fourth-order valence-corrected chi connectivity index (χ4v) is 1.13. The molecule has 1 aliphatic heterocycles. The highest BCUT2D eigenvalue weighted by Crippen LogP contribution is 1.97. The van der Waals surface area contributed by atoms with Crippen LogP contribution in [0.3, 0.4) is 0 Å². The zero-order valence-corrected chi connectivity index (χ0v) is 6.66. The Morgan fingerprint density at radius 1 is 1.83 bits per heavy atom. The molecule has 0 atom stereocenters. The Kier molecular flexibility index (Phi) is 2.73. The maximum Gasteiger partial charge on any atom is 0.323 e. The molecule has 1 rings (SSSR count). The van der Waals surface area contributed by atoms with Crippen LogP contribution in [0.15, 0.2) is 5.10 Å². The average molecular weight is 172 g/mol. The fourth-order valence-electron chi connectivity index (χ4n) is 1.13. The second-order valence-corrected chi connectivity index (χ2v) is 2.55. The van der Waals surface area contributed by atoms with Crippen LogP contribution in [0.1, 0.15) is 6.42 Å². The number of rotatable bonds is 2. The predicted octanol–water partition coefficient (Wildman–Crippen LogP) is -1.40. The summed E-state index contributed by atoms with van der Waals surface area (Å²) in [6.45, 7) is 1.44. The van der Waals surface area contributed by atoms with Crippen LogP contribution in [0, 0.1) is 0 Å². The highest BCUT2D eigenvalue weighted by atomic mass is 16.4. The molecule has 0 unspecified atom stereocenters. The monoisotopic (exact) mass is 172 g/mol. The van der Waals surface area contributed by atoms with Crippen LogP contribution in [0.2, 0.25) is 0 Å². The summed E-state index contributed by atoms with van der Waals surface area (Å²) < 4.78 is 0. The molecule has 1 heterocycles. The van der Waals surface area contributed by atoms with E-state index in [1.165, 1.54) is 0 Å². The fraction of sp³-hybridized carbons (Fsp3) is 0.667. The van der Waals surface area contributed by atoms with Crippen molar-refractivity contribution in [2.75, 3.05) is 19.6 Å². The summed E-state index contributed by atoms with van der Waals surface area (Å²) in [6, 6.07) is 0. The molecule has 0 aromatic rings. The van der Waals surface area contributed by atoms with Crippen LogP contribution in [0.5, 0.6) is 0 Å². The minimum atomic E-state index is -0.875. The van der Waals surface area contributed by atoms with Crippen LogP contribution >= 0.6 is 0 Å². The highest BCUT2D eigenvalue weighted by molar-refractivity contribution is 5.84. The zero-order chi connectivity index (χ0) is 8.97. The smallest absolute Gasteiger partial charge is 0.323 e. The number of carboxylic acids is 1. The van der Waals surface area contributed by atoms with Crippen molar-refractivity contribution in [1.82, 2.24) is 10.2 Å². The number of nitrogens with two attached hydrogens (primary N) is 1. The van der Waals surface area contributed by atoms with E-state index in [9.17, 15) is 4.79 Å². The van der Waals surface area contributed by atoms with Crippen molar-refractivity contribution in [3.8, 4) is 0 Å². The van der Waals surface area contributed by atoms with Gasteiger partial charge < -0.3 is 21.2 Å². The van der Waals surface area contributed by atoms with Gasteiger partial charge in [-0.25, -0.2) is 0 Å². The number of hydrogen-bond acceptors (Lipinski definition) is 3. The Labute approximate surface area is 70.0 Å². The number of nitrogens with one attached hydrogen (secondary N) is 1. The molecule has 0 amide bonds. The molecule has 4 N–H and O–H groups in total. The standard InChI is InChI=1S/C6H12N4O2/c7-9-6-8-2-1-3-10(6)4-5(11)12/h1-4,7H2,(H,8,9)(H,11,12). The van der Waals surface area contributed by atoms with Crippen molar-refractivity contribution < 1.29 is 9.90 Å². The Balaban J connectivity index is 2.53. The van der Waals surface area contributed by atoms with E-state index >= 15 is 0 Å². The molecule has 68 valence electrons. The van der Waals surface area contributed by atoms with Gasteiger partial charge in [0.05, 0.1) is 0 Å². The molecule has 1 saturated heterocycles. The molecule has 0 aromatic carbocycles. The lowest BCUT2D eigenvalue weighted by molar-refractivity contribution is -0.137. The molecule has 0 saturated carbocycles. The molecule has 0 aromatic heterocycles. The SMILES string of the molecule is N/N=C1\NCCCN1CC(=O)O. The Morgan fingerprint density at radius 2 is 2.58 bits per heavy atom. The van der Waals surface area contributed by atoms with E-state index < -0.39 is 5.97 Å². The third-order valence-corrected chi connectivity index (χ3v) is 1.64. The van der Waals surface area contributed by atoms with Gasteiger partial charge in [0.1, 0.15) is 6.54 Å². The van der Waals surface area contributed by atoms with Crippen LogP contribution < -0.4 is 11.2 Å². The first kappa shape index (κ1) is 8.63. The van der Waals surface area contributed by atoms with Crippen molar-refractivity contribution in [3.05, 3.63) is 0 Å². The summed E-state index contributed by atoms with van der Waals surface area (Å²) in [5.74, 6) is 4.65. The first-order chi connectivity index (χ1) is 5.74. The van der Waals surface area contributed by atoms with Crippen molar-refractivity contribution in [2.45, 2.75) is 6.42 Å². The Bertz CT molecular complexity index is 204. The van der Waals surface area contributed by atoms with Gasteiger partial charge in [-0.3, -0.25) is 4.79 Å². The van der Waals surface area contributed by atoms with E-state index in [-0.39, 0.29) is 6.54 Å². The number of hydrazone groups is 1. The van der Waals surface area contributed by atoms with Gasteiger partial charge in [-0.15, -0.1) is 5.10 Å². The van der Waals surface area contributed by atoms with Crippen LogP contribution in [0.25, 0.3) is 0 Å². The Morgan fingerprint density at radius 3 is 3.17 bits per heavy atom. The summed E-state index contributed by atoms with van der Waals surface area (Å²) in [7, 11) is 0. The van der Waals surface area contributed by atoms with E-state index in [1.54, 1.807) is 4.90 Å². The van der Waals surface area contributed by atoms with Gasteiger partial charge in [-0.05, 0) is 6.42 Å². The van der Waals surface area contributed by atoms with Crippen LogP contribution in [0.4, 0.5) is 0 Å². The maximum atomic E-state index is 10.4. The summed E-state index contributed by atoms with van der Waals surface area (Å²) in [4.78, 5) is 12.0. The molecule has 12 heavy (non-hydrogen) atoms. The van der Waals surface area contributed by atoms with E-state index in [2.05, 4.69) is 10.4 Å². The van der Waals surface area contributed by atoms with Crippen LogP contribution in [-0.2, 0) is 4.79 Å². The molecular weight excluding hydrogens is 160 g/mol. The van der Waals surface area contributed by atoms with Gasteiger partial charge >= 0.3 is 5.97 Å². The first-order valence-electron chi connectivity index (χ1n) is 3.72. The zero-order valence-electron chi connectivity index (χ0n) is 6.66. The molecular formula is C6H12N4O2. The molecule has 0 spiro atoms. The molecule has 1 fully saturated rings. The van der Waals surface area contributed by atoms with Crippen molar-refractivity contribution in [2.24, 2.45) is 10.9 Å². The van der Waals surface area contributed by atoms with E-state index in [0.29, 0.717) is 12.5 Å². The minimum absolute atomic E-state index is 0.0525. The number of carbonyl (C=O) groups is 1. The minimum Gasteiger partial charge on any atom is -0.480 e. The first-order valence-corrected chi connectivity index (χ1v) is 3.72. The quantitative estimate of drug-likeness (QED) is 0.352. The van der Waals surface area contributed by atoms with Gasteiger partial charge in [-0.1, -0.05) is 0 Å². The highest BCUT2D eigenvalue weighted by Gasteiger charge is 2.17. The number of aliphatic carboxylic acids is 1. The second-order valence-electron chi connectivity index (χ2n) is 2.55. The largest absolute Gasteiger partial charge is 0.480 e. The number of nitrogens with zero attached hydrogens (tertiary/aromatic N) is 2. The summed E-state index contributed by atoms with van der Waals surface area (Å²) in [5.41, 5.74) is 0. The van der Waals surface area contributed by atoms with Crippen molar-refractivity contribution in [3.63, 3.8) is 0 Å². The van der Waals surface area contributed by atoms with Gasteiger partial charge in [0.2, 0.25) is 5.96 Å². The lowest BCUT2D eigenvalue weighted by Crippen LogP contribution is -2.49. The van der Waals surface area contributed by atoms with Gasteiger partial charge in [0.25, 0.3) is 0 Å². The topological polar surface area (TPSA) is 91.0 Å². The van der Waals surface area contributed by atoms with Crippen molar-refractivity contribution >= 4 is 11.9 Å². The van der Waals surface area contributed by atoms with Gasteiger partial charge in [-0.2, -0.15) is 0 Å². The van der Waals surface area contributed by atoms with E-state index in [0.717, 1.165) is 13.0 Å². The van der Waals surface area contributed by atoms with Gasteiger partial charge in [0.15, 0.2) is 0 Å². The normalized spacial score (nSPS) is 20.7. The van der Waals surface area contributed by atoms with E-state index in [1.807, 2.05) is 0 Å².